The molecule has 2 amide bonds. The van der Waals surface area contributed by atoms with Crippen LogP contribution < -0.4 is 4.74 Å². The summed E-state index contributed by atoms with van der Waals surface area (Å²) in [5, 5.41) is 9.84. The molecule has 0 radical (unpaired) electrons. The number of benzene rings is 1. The Bertz CT molecular complexity index is 947. The first-order valence-electron chi connectivity index (χ1n) is 13.5. The molecular formula is C28H39N3O5. The number of likely N-dealkylation sites (tertiary alicyclic amines) is 1. The lowest BCUT2D eigenvalue weighted by Crippen LogP contribution is -2.50. The highest BCUT2D eigenvalue weighted by Crippen LogP contribution is 2.31. The molecule has 4 aliphatic rings. The standard InChI is InChI=1S/C28H39N3O5/c32-25-8-12-30(19-25)27(33)16-21-7-11-29-17-22(21)5-3-13-36-26-6-2-1-4-23(26)18-31(20-28(29)34)24-9-14-35-15-10-24/h1-6,21-22,24-25,32H,7-20H2/t21-,22-,25+/m0/s1. The number of ether oxygens (including phenoxy) is 2. The molecular weight excluding hydrogens is 458 g/mol. The Kier molecular flexibility index (Phi) is 8.24. The Morgan fingerprint density at radius 1 is 1.03 bits per heavy atom. The number of rotatable bonds is 3. The van der Waals surface area contributed by atoms with Gasteiger partial charge >= 0.3 is 0 Å². The van der Waals surface area contributed by atoms with E-state index < -0.39 is 6.10 Å². The minimum atomic E-state index is -0.405. The van der Waals surface area contributed by atoms with E-state index in [2.05, 4.69) is 17.0 Å². The number of piperidine rings is 1. The van der Waals surface area contributed by atoms with Crippen LogP contribution in [-0.4, -0.2) is 96.3 Å². The van der Waals surface area contributed by atoms with Gasteiger partial charge in [0.2, 0.25) is 11.8 Å². The summed E-state index contributed by atoms with van der Waals surface area (Å²) in [7, 11) is 0. The summed E-state index contributed by atoms with van der Waals surface area (Å²) in [6, 6.07) is 8.41. The monoisotopic (exact) mass is 497 g/mol. The van der Waals surface area contributed by atoms with Crippen molar-refractivity contribution in [3.8, 4) is 5.75 Å². The molecule has 4 aliphatic heterocycles. The van der Waals surface area contributed by atoms with E-state index in [1.807, 2.05) is 29.2 Å². The number of β-amino-alcohol motifs (C(OH)–C–C–N with tert-alkyl or cyclic N) is 1. The third-order valence-corrected chi connectivity index (χ3v) is 8.22. The third kappa shape index (κ3) is 6.10. The number of nitrogens with zero attached hydrogens (tertiary/aromatic N) is 3. The maximum atomic E-state index is 13.6. The zero-order valence-corrected chi connectivity index (χ0v) is 21.1. The van der Waals surface area contributed by atoms with E-state index >= 15 is 0 Å². The summed E-state index contributed by atoms with van der Waals surface area (Å²) < 4.78 is 11.8. The van der Waals surface area contributed by atoms with Gasteiger partial charge in [0.15, 0.2) is 0 Å². The molecule has 0 spiro atoms. The Morgan fingerprint density at radius 3 is 2.67 bits per heavy atom. The van der Waals surface area contributed by atoms with Crippen LogP contribution in [0.15, 0.2) is 36.4 Å². The normalized spacial score (nSPS) is 28.6. The second kappa shape index (κ2) is 11.8. The summed E-state index contributed by atoms with van der Waals surface area (Å²) >= 11 is 0. The molecule has 3 atom stereocenters. The molecule has 0 aromatic heterocycles. The van der Waals surface area contributed by atoms with Crippen molar-refractivity contribution < 1.29 is 24.2 Å². The van der Waals surface area contributed by atoms with Gasteiger partial charge in [-0.1, -0.05) is 30.4 Å². The molecule has 3 fully saturated rings. The average Bonchev–Trinajstić information content (AvgIpc) is 3.34. The molecule has 1 aromatic rings. The van der Waals surface area contributed by atoms with E-state index in [4.69, 9.17) is 9.47 Å². The zero-order valence-electron chi connectivity index (χ0n) is 21.1. The van der Waals surface area contributed by atoms with Gasteiger partial charge in [0.05, 0.1) is 12.6 Å². The highest BCUT2D eigenvalue weighted by atomic mass is 16.5. The van der Waals surface area contributed by atoms with Crippen molar-refractivity contribution in [3.05, 3.63) is 42.0 Å². The van der Waals surface area contributed by atoms with Crippen LogP contribution in [0, 0.1) is 11.8 Å². The molecule has 1 N–H and O–H groups in total. The van der Waals surface area contributed by atoms with Gasteiger partial charge in [0, 0.05) is 64.0 Å². The summed E-state index contributed by atoms with van der Waals surface area (Å²) in [5.74, 6) is 1.41. The SMILES string of the molecule is O=C(C[C@@H]1CCN2C[C@@H]1C=CCOc1ccccc1CN(C1CCOCC1)CC2=O)N1CC[C@@H](O)C1. The molecule has 196 valence electrons. The molecule has 4 heterocycles. The van der Waals surface area contributed by atoms with Crippen LogP contribution in [0.2, 0.25) is 0 Å². The van der Waals surface area contributed by atoms with E-state index in [-0.39, 0.29) is 23.7 Å². The summed E-state index contributed by atoms with van der Waals surface area (Å²) in [5.41, 5.74) is 1.10. The maximum Gasteiger partial charge on any atom is 0.236 e. The topological polar surface area (TPSA) is 82.6 Å². The second-order valence-corrected chi connectivity index (χ2v) is 10.6. The summed E-state index contributed by atoms with van der Waals surface area (Å²) in [6.45, 7) is 5.34. The fourth-order valence-electron chi connectivity index (χ4n) is 6.05. The fourth-order valence-corrected chi connectivity index (χ4v) is 6.05. The predicted octanol–water partition coefficient (Wildman–Crippen LogP) is 2.06. The Hall–Kier alpha value is -2.42. The summed E-state index contributed by atoms with van der Waals surface area (Å²) in [4.78, 5) is 32.6. The Morgan fingerprint density at radius 2 is 1.86 bits per heavy atom. The van der Waals surface area contributed by atoms with Crippen molar-refractivity contribution in [2.75, 3.05) is 52.5 Å². The van der Waals surface area contributed by atoms with Crippen LogP contribution in [0.4, 0.5) is 0 Å². The number of para-hydroxylation sites is 1. The minimum Gasteiger partial charge on any atom is -0.489 e. The molecule has 1 aromatic carbocycles. The van der Waals surface area contributed by atoms with Crippen LogP contribution in [0.5, 0.6) is 5.75 Å². The van der Waals surface area contributed by atoms with E-state index in [1.165, 1.54) is 0 Å². The first-order valence-corrected chi connectivity index (χ1v) is 13.5. The molecule has 8 heteroatoms. The number of aliphatic hydroxyl groups excluding tert-OH is 1. The van der Waals surface area contributed by atoms with Gasteiger partial charge in [-0.15, -0.1) is 0 Å². The van der Waals surface area contributed by atoms with Crippen molar-refractivity contribution in [1.29, 1.82) is 0 Å². The van der Waals surface area contributed by atoms with Gasteiger partial charge in [-0.2, -0.15) is 0 Å². The van der Waals surface area contributed by atoms with Crippen molar-refractivity contribution in [2.45, 2.75) is 50.8 Å². The molecule has 0 saturated carbocycles. The van der Waals surface area contributed by atoms with Crippen LogP contribution in [0.1, 0.15) is 37.7 Å². The van der Waals surface area contributed by atoms with Crippen molar-refractivity contribution >= 4 is 11.8 Å². The van der Waals surface area contributed by atoms with E-state index in [1.54, 1.807) is 4.90 Å². The van der Waals surface area contributed by atoms with Crippen molar-refractivity contribution in [2.24, 2.45) is 11.8 Å². The predicted molar refractivity (Wildman–Crippen MR) is 135 cm³/mol. The highest BCUT2D eigenvalue weighted by molar-refractivity contribution is 5.79. The van der Waals surface area contributed by atoms with Crippen molar-refractivity contribution in [1.82, 2.24) is 14.7 Å². The lowest BCUT2D eigenvalue weighted by Gasteiger charge is -2.40. The van der Waals surface area contributed by atoms with Gasteiger partial charge in [-0.05, 0) is 43.6 Å². The molecule has 0 unspecified atom stereocenters. The van der Waals surface area contributed by atoms with Crippen molar-refractivity contribution in [3.63, 3.8) is 0 Å². The number of fused-ring (bicyclic) bond motifs is 3. The molecule has 5 rings (SSSR count). The lowest BCUT2D eigenvalue weighted by atomic mass is 9.82. The molecule has 2 bridgehead atoms. The van der Waals surface area contributed by atoms with Gasteiger partial charge < -0.3 is 24.4 Å². The molecule has 36 heavy (non-hydrogen) atoms. The number of hydrogen-bond acceptors (Lipinski definition) is 6. The van der Waals surface area contributed by atoms with Crippen LogP contribution in [0.3, 0.4) is 0 Å². The van der Waals surface area contributed by atoms with Crippen LogP contribution in [-0.2, 0) is 20.9 Å². The number of hydrogen-bond donors (Lipinski definition) is 1. The van der Waals surface area contributed by atoms with Gasteiger partial charge in [0.25, 0.3) is 0 Å². The largest absolute Gasteiger partial charge is 0.489 e. The first kappa shape index (κ1) is 25.2. The number of amides is 2. The fraction of sp³-hybridized carbons (Fsp3) is 0.643. The molecule has 0 aliphatic carbocycles. The molecule has 8 nitrogen and oxygen atoms in total. The van der Waals surface area contributed by atoms with Gasteiger partial charge in [-0.25, -0.2) is 0 Å². The van der Waals surface area contributed by atoms with E-state index in [0.29, 0.717) is 64.8 Å². The third-order valence-electron chi connectivity index (χ3n) is 8.22. The quantitative estimate of drug-likeness (QED) is 0.644. The Labute approximate surface area is 213 Å². The van der Waals surface area contributed by atoms with Gasteiger partial charge in [-0.3, -0.25) is 14.5 Å². The smallest absolute Gasteiger partial charge is 0.236 e. The lowest BCUT2D eigenvalue weighted by molar-refractivity contribution is -0.137. The van der Waals surface area contributed by atoms with Crippen LogP contribution in [0.25, 0.3) is 0 Å². The number of aliphatic hydroxyl groups is 1. The van der Waals surface area contributed by atoms with Crippen LogP contribution >= 0.6 is 0 Å². The number of carbonyl (C=O) groups is 2. The minimum absolute atomic E-state index is 0.107. The second-order valence-electron chi connectivity index (χ2n) is 10.6. The Balaban J connectivity index is 1.34. The van der Waals surface area contributed by atoms with E-state index in [9.17, 15) is 14.7 Å². The average molecular weight is 498 g/mol. The first-order chi connectivity index (χ1) is 17.6. The number of carbonyl (C=O) groups excluding carboxylic acids is 2. The van der Waals surface area contributed by atoms with E-state index in [0.717, 1.165) is 43.8 Å². The molecule has 3 saturated heterocycles. The van der Waals surface area contributed by atoms with Gasteiger partial charge in [0.1, 0.15) is 12.4 Å². The highest BCUT2D eigenvalue weighted by Gasteiger charge is 2.35. The zero-order chi connectivity index (χ0) is 24.9. The summed E-state index contributed by atoms with van der Waals surface area (Å²) in [6.07, 6.45) is 7.56. The maximum absolute atomic E-state index is 13.6.